The van der Waals surface area contributed by atoms with Crippen LogP contribution in [0.25, 0.3) is 34.2 Å². The number of hydrogen-bond donors (Lipinski definition) is 0. The van der Waals surface area contributed by atoms with Gasteiger partial charge in [0.25, 0.3) is 0 Å². The van der Waals surface area contributed by atoms with Crippen LogP contribution in [0.5, 0.6) is 0 Å². The third-order valence-corrected chi connectivity index (χ3v) is 29.6. The predicted octanol–water partition coefficient (Wildman–Crippen LogP) is 1.99. The van der Waals surface area contributed by atoms with Gasteiger partial charge in [-0.2, -0.15) is 10.2 Å². The standard InChI is InChI=1S/C43H64N9O9PSi.C36H58N9O10PSi.CH4.IO4.Na/c1-41(2,3)61-40(53)51(30-18-15-19-30)37-31-25-44-52(38(31)46-33(45-37)21-20-29-16-13-12-14-17-29)39-36-35(59-42(4,5)60-36)32(58-39)26-57-43(27-55-6,62(7,8)54)24-34-47-49-50(48-34)28-56-22-23-63(9,10)11;1-34(2,3)55-33(47)44(23-13-12-14-23)30-24-18-37-45(31(24)39-27(19-46)38-30)32-29-28(53-35(4,5)54-29)25(52-32)20-51-36(21-49-6,56(7,8)48)17-26-40-42-43(41-26)22-50-15-16-57(9,10)11;;2-1(3,4)5;/h12-14,16-17,20-21,25,30,32,35-36,39H,15,18-19,22-24,26-28H2,1-11H3;18-19,23,25,28-29,32H,12-17,20-22H2,1-11H3;1H4;;/q;;;-1;+1/b21-20+;;;;/t32-,35-,36-,39-,43+;25-,28-,29-,32-,36+;;;/m11.../s1. The van der Waals surface area contributed by atoms with Crippen LogP contribution in [0, 0.1) is 0 Å². The number of amides is 2. The number of halogens is 1. The van der Waals surface area contributed by atoms with Gasteiger partial charge in [-0.05, 0) is 169 Å². The fraction of sp³-hybridized carbons (Fsp3) is 0.713. The molecule has 10 heterocycles. The number of aromatic nitrogens is 16. The second-order valence-electron chi connectivity index (χ2n) is 38.1. The summed E-state index contributed by atoms with van der Waals surface area (Å²) in [5.41, 5.74) is 0.146. The Morgan fingerprint density at radius 1 is 0.591 bits per heavy atom. The number of rotatable bonds is 35. The van der Waals surface area contributed by atoms with Crippen LogP contribution in [0.15, 0.2) is 42.7 Å². The quantitative estimate of drug-likeness (QED) is 0.0180. The molecule has 0 radical (unpaired) electrons. The average Bonchev–Trinajstić information content (AvgIpc) is 1.60. The summed E-state index contributed by atoms with van der Waals surface area (Å²) in [4.78, 5) is 64.8. The molecule has 700 valence electrons. The smallest absolute Gasteiger partial charge is 0.443 e. The largest absolute Gasteiger partial charge is 1.00 e. The number of carbonyl (C=O) groups excluding carboxylic acids is 3. The van der Waals surface area contributed by atoms with E-state index in [0.29, 0.717) is 59.2 Å². The minimum Gasteiger partial charge on any atom is -0.443 e. The van der Waals surface area contributed by atoms with E-state index in [1.807, 2.05) is 77.1 Å². The van der Waals surface area contributed by atoms with Gasteiger partial charge < -0.3 is 75.4 Å². The number of benzene rings is 1. The van der Waals surface area contributed by atoms with E-state index in [1.54, 1.807) is 83.3 Å². The van der Waals surface area contributed by atoms with Crippen LogP contribution in [0.3, 0.4) is 0 Å². The van der Waals surface area contributed by atoms with Gasteiger partial charge in [-0.3, -0.25) is 28.3 Å². The van der Waals surface area contributed by atoms with Crippen LogP contribution < -0.4 is 73.2 Å². The molecular formula is C80H126IN18NaO23P2Si2. The summed E-state index contributed by atoms with van der Waals surface area (Å²) < 4.78 is 153. The summed E-state index contributed by atoms with van der Waals surface area (Å²) in [5, 5.41) is 33.7. The van der Waals surface area contributed by atoms with Gasteiger partial charge in [0.05, 0.1) is 49.6 Å². The molecule has 2 amide bonds. The zero-order chi connectivity index (χ0) is 91.4. The van der Waals surface area contributed by atoms with Crippen molar-refractivity contribution >= 4 is 94.8 Å². The number of aldehydes is 1. The van der Waals surface area contributed by atoms with E-state index < -0.39 is 145 Å². The maximum atomic E-state index is 14.3. The van der Waals surface area contributed by atoms with Gasteiger partial charge in [0.15, 0.2) is 101 Å². The monoisotopic (exact) mass is 1970 g/mol. The van der Waals surface area contributed by atoms with Crippen LogP contribution in [0.1, 0.15) is 161 Å². The molecule has 2 saturated carbocycles. The molecule has 4 saturated heterocycles. The second kappa shape index (κ2) is 42.3. The van der Waals surface area contributed by atoms with Crippen LogP contribution in [0.4, 0.5) is 21.2 Å². The third kappa shape index (κ3) is 27.6. The molecule has 0 spiro atoms. The van der Waals surface area contributed by atoms with Crippen molar-refractivity contribution in [2.75, 3.05) is 90.3 Å². The van der Waals surface area contributed by atoms with Crippen molar-refractivity contribution in [3.05, 3.63) is 71.6 Å². The molecule has 6 aromatic heterocycles. The Bertz CT molecular complexity index is 4960. The van der Waals surface area contributed by atoms with Crippen LogP contribution in [-0.2, 0) is 102 Å². The molecule has 47 heteroatoms. The van der Waals surface area contributed by atoms with Gasteiger partial charge in [-0.15, -0.1) is 30.0 Å². The van der Waals surface area contributed by atoms with Crippen molar-refractivity contribution in [1.29, 1.82) is 0 Å². The van der Waals surface area contributed by atoms with Crippen LogP contribution in [0.2, 0.25) is 51.4 Å². The first-order valence-electron chi connectivity index (χ1n) is 41.7. The Balaban J connectivity index is 0.000000270. The number of carbonyl (C=O) groups is 3. The Labute approximate surface area is 771 Å². The first-order chi connectivity index (χ1) is 58.3. The third-order valence-electron chi connectivity index (χ3n) is 21.5. The Kier molecular flexibility index (Phi) is 35.0. The average molecular weight is 1980 g/mol. The van der Waals surface area contributed by atoms with Gasteiger partial charge in [-0.1, -0.05) is 83.1 Å². The summed E-state index contributed by atoms with van der Waals surface area (Å²) in [7, 11) is -5.70. The molecule has 13 rings (SSSR count). The molecule has 10 atom stereocenters. The van der Waals surface area contributed by atoms with E-state index in [4.69, 9.17) is 95.1 Å². The van der Waals surface area contributed by atoms with Crippen molar-refractivity contribution < 1.29 is 153 Å². The molecule has 4 aliphatic heterocycles. The van der Waals surface area contributed by atoms with Crippen molar-refractivity contribution in [2.24, 2.45) is 0 Å². The molecule has 0 N–H and O–H groups in total. The summed E-state index contributed by atoms with van der Waals surface area (Å²) in [5.74, 6) is -0.476. The zero-order valence-electron chi connectivity index (χ0n) is 76.5. The normalized spacial score (nSPS) is 22.3. The minimum atomic E-state index is -5.94. The number of methoxy groups -OCH3 is 2. The number of nitrogens with zero attached hydrogens (tertiary/aromatic N) is 18. The number of fused-ring (bicyclic) bond motifs is 4. The minimum absolute atomic E-state index is 0. The Morgan fingerprint density at radius 2 is 0.969 bits per heavy atom. The number of anilines is 2. The number of tetrazole rings is 2. The first-order valence-corrected chi connectivity index (χ1v) is 57.8. The maximum absolute atomic E-state index is 14.3. The molecule has 0 unspecified atom stereocenters. The van der Waals surface area contributed by atoms with Gasteiger partial charge in [-0.25, -0.2) is 38.9 Å². The molecule has 7 aromatic rings. The van der Waals surface area contributed by atoms with Crippen LogP contribution in [-0.4, -0.2) is 277 Å². The molecule has 1 aromatic carbocycles. The van der Waals surface area contributed by atoms with E-state index in [-0.39, 0.29) is 119 Å². The molecule has 0 bridgehead atoms. The first kappa shape index (κ1) is 105. The van der Waals surface area contributed by atoms with Gasteiger partial charge in [0, 0.05) is 68.5 Å². The van der Waals surface area contributed by atoms with Crippen molar-refractivity contribution in [1.82, 2.24) is 79.9 Å². The Hall–Kier alpha value is -5.61. The fourth-order valence-corrected chi connectivity index (χ4v) is 18.9. The summed E-state index contributed by atoms with van der Waals surface area (Å²) in [6.45, 7) is 39.9. The molecule has 2 aliphatic carbocycles. The van der Waals surface area contributed by atoms with Gasteiger partial charge in [0.2, 0.25) is 0 Å². The predicted molar refractivity (Wildman–Crippen MR) is 458 cm³/mol. The van der Waals surface area contributed by atoms with E-state index in [9.17, 15) is 23.5 Å². The van der Waals surface area contributed by atoms with Crippen molar-refractivity contribution in [2.45, 2.75) is 287 Å². The Morgan fingerprint density at radius 3 is 1.31 bits per heavy atom. The molecule has 6 fully saturated rings. The number of ether oxygens (including phenoxy) is 14. The van der Waals surface area contributed by atoms with E-state index in [1.165, 1.54) is 33.4 Å². The molecule has 127 heavy (non-hydrogen) atoms. The summed E-state index contributed by atoms with van der Waals surface area (Å²) >= 11 is -5.94. The van der Waals surface area contributed by atoms with Gasteiger partial charge >= 0.3 is 41.7 Å². The summed E-state index contributed by atoms with van der Waals surface area (Å²) in [6, 6.07) is 11.6. The van der Waals surface area contributed by atoms with Crippen molar-refractivity contribution in [3.63, 3.8) is 0 Å². The fourth-order valence-electron chi connectivity index (χ4n) is 14.7. The van der Waals surface area contributed by atoms with Gasteiger partial charge in [0.1, 0.15) is 82.2 Å². The topological polar surface area (TPSA) is 488 Å². The van der Waals surface area contributed by atoms with E-state index in [0.717, 1.165) is 56.2 Å². The second-order valence-corrected chi connectivity index (χ2v) is 58.6. The maximum Gasteiger partial charge on any atom is 1.00 e. The molecular weight excluding hydrogens is 1850 g/mol. The number of hydrogen-bond acceptors (Lipinski definition) is 35. The van der Waals surface area contributed by atoms with Crippen LogP contribution >= 0.6 is 14.3 Å². The van der Waals surface area contributed by atoms with Crippen molar-refractivity contribution in [3.8, 4) is 0 Å². The van der Waals surface area contributed by atoms with E-state index in [2.05, 4.69) is 85.2 Å². The zero-order valence-corrected chi connectivity index (χ0v) is 84.4. The molecule has 41 nitrogen and oxygen atoms in total. The molecule has 6 aliphatic rings. The SMILES string of the molecule is C.COC[C@@](Cc1nnn(COCC[Si](C)(C)C)n1)(OC[C@H]1O[C@@H](n2ncc3c(N(C(=O)OC(C)(C)C)C4CCC4)nc(/C=C/c4ccccc4)nc32)[C@@H]2OC(C)(C)O[C@@H]21)P(C)(C)=O.COC[C@@](Cc1nnn(COCC[Si](C)(C)C)n1)(OC[C@H]1O[C@@H](n2ncc3c(N(C(=O)OC(C)(C)C)C4CCC4)nc(C=O)nc32)[C@@H]2OC(C)(C)O[C@@H]21)P(C)(C)=O.[Na+].[O-][I+3]([O-])([O-])[O-]. The van der Waals surface area contributed by atoms with E-state index >= 15 is 0 Å². The summed E-state index contributed by atoms with van der Waals surface area (Å²) in [6.07, 6.45) is 5.72.